The van der Waals surface area contributed by atoms with E-state index in [2.05, 4.69) is 0 Å². The molecule has 0 aliphatic heterocycles. The molecule has 4 rings (SSSR count). The van der Waals surface area contributed by atoms with Gasteiger partial charge in [-0.1, -0.05) is 72.8 Å². The summed E-state index contributed by atoms with van der Waals surface area (Å²) in [7, 11) is 0. The molecular formula is C22H15FN2S. The third-order valence-corrected chi connectivity index (χ3v) is 4.52. The van der Waals surface area contributed by atoms with E-state index in [4.69, 9.17) is 9.97 Å². The number of aromatic nitrogens is 2. The van der Waals surface area contributed by atoms with E-state index in [0.717, 1.165) is 28.1 Å². The summed E-state index contributed by atoms with van der Waals surface area (Å²) in [5, 5.41) is 0. The lowest BCUT2D eigenvalue weighted by atomic mass is 10.1. The zero-order chi connectivity index (χ0) is 17.8. The van der Waals surface area contributed by atoms with E-state index >= 15 is 0 Å². The summed E-state index contributed by atoms with van der Waals surface area (Å²) < 4.78 is 12.7. The molecule has 0 saturated carbocycles. The van der Waals surface area contributed by atoms with Gasteiger partial charge in [0.05, 0.1) is 23.5 Å². The Labute approximate surface area is 156 Å². The second-order valence-corrected chi connectivity index (χ2v) is 6.42. The zero-order valence-electron chi connectivity index (χ0n) is 13.8. The Bertz CT molecular complexity index is 945. The summed E-state index contributed by atoms with van der Waals surface area (Å²) in [6, 6.07) is 29.2. The van der Waals surface area contributed by atoms with Crippen LogP contribution in [-0.4, -0.2) is 9.97 Å². The van der Waals surface area contributed by atoms with Crippen LogP contribution in [0, 0.1) is 0 Å². The summed E-state index contributed by atoms with van der Waals surface area (Å²) >= 11 is 0.240. The molecule has 2 nitrogen and oxygen atoms in total. The van der Waals surface area contributed by atoms with Crippen LogP contribution < -0.4 is 0 Å². The molecule has 1 heterocycles. The molecule has 0 spiro atoms. The lowest BCUT2D eigenvalue weighted by molar-refractivity contribution is 0.934. The van der Waals surface area contributed by atoms with Crippen LogP contribution in [0.25, 0.3) is 33.9 Å². The maximum absolute atomic E-state index is 12.7. The second kappa shape index (κ2) is 7.50. The van der Waals surface area contributed by atoms with Crippen molar-refractivity contribution in [3.8, 4) is 33.9 Å². The number of hydrogen-bond donors (Lipinski definition) is 0. The van der Waals surface area contributed by atoms with Gasteiger partial charge in [-0.05, 0) is 18.2 Å². The van der Waals surface area contributed by atoms with Crippen LogP contribution in [0.3, 0.4) is 0 Å². The van der Waals surface area contributed by atoms with Crippen LogP contribution in [0.4, 0.5) is 3.89 Å². The molecule has 0 fully saturated rings. The van der Waals surface area contributed by atoms with Gasteiger partial charge in [0.15, 0.2) is 5.82 Å². The molecular weight excluding hydrogens is 343 g/mol. The molecule has 0 aliphatic carbocycles. The molecule has 0 bridgehead atoms. The number of halogens is 1. The first-order chi connectivity index (χ1) is 12.8. The highest BCUT2D eigenvalue weighted by Crippen LogP contribution is 2.28. The summed E-state index contributed by atoms with van der Waals surface area (Å²) in [6.07, 6.45) is 0. The first-order valence-electron chi connectivity index (χ1n) is 8.22. The lowest BCUT2D eigenvalue weighted by Gasteiger charge is -2.09. The quantitative estimate of drug-likeness (QED) is 0.419. The number of rotatable bonds is 4. The highest BCUT2D eigenvalue weighted by atomic mass is 32.2. The average molecular weight is 358 g/mol. The summed E-state index contributed by atoms with van der Waals surface area (Å²) in [6.45, 7) is 0. The highest BCUT2D eigenvalue weighted by molar-refractivity contribution is 7.94. The van der Waals surface area contributed by atoms with Crippen molar-refractivity contribution in [3.63, 3.8) is 0 Å². The van der Waals surface area contributed by atoms with Crippen LogP contribution >= 0.6 is 12.1 Å². The largest absolute Gasteiger partial charge is 0.228 e. The van der Waals surface area contributed by atoms with E-state index in [-0.39, 0.29) is 12.1 Å². The molecule has 4 aromatic rings. The molecule has 0 N–H and O–H groups in total. The molecule has 4 heteroatoms. The normalized spacial score (nSPS) is 10.7. The van der Waals surface area contributed by atoms with Crippen LogP contribution in [0.1, 0.15) is 0 Å². The predicted octanol–water partition coefficient (Wildman–Crippen LogP) is 6.45. The van der Waals surface area contributed by atoms with E-state index < -0.39 is 0 Å². The Balaban J connectivity index is 1.87. The highest BCUT2D eigenvalue weighted by Gasteiger charge is 2.10. The maximum Gasteiger partial charge on any atom is 0.160 e. The third-order valence-electron chi connectivity index (χ3n) is 4.07. The van der Waals surface area contributed by atoms with E-state index in [9.17, 15) is 3.89 Å². The maximum atomic E-state index is 12.7. The fourth-order valence-corrected chi connectivity index (χ4v) is 2.98. The van der Waals surface area contributed by atoms with Gasteiger partial charge in [-0.25, -0.2) is 9.97 Å². The molecule has 3 aromatic carbocycles. The van der Waals surface area contributed by atoms with Gasteiger partial charge in [0.25, 0.3) is 0 Å². The van der Waals surface area contributed by atoms with Crippen molar-refractivity contribution < 1.29 is 3.89 Å². The molecule has 0 unspecified atom stereocenters. The Hall–Kier alpha value is -2.98. The number of nitrogens with zero attached hydrogens (tertiary/aromatic N) is 2. The smallest absolute Gasteiger partial charge is 0.160 e. The molecule has 26 heavy (non-hydrogen) atoms. The fourth-order valence-electron chi connectivity index (χ4n) is 2.75. The Morgan fingerprint density at radius 3 is 1.62 bits per heavy atom. The van der Waals surface area contributed by atoms with Gasteiger partial charge in [-0.3, -0.25) is 0 Å². The van der Waals surface area contributed by atoms with Crippen LogP contribution in [0.2, 0.25) is 0 Å². The second-order valence-electron chi connectivity index (χ2n) is 5.80. The van der Waals surface area contributed by atoms with E-state index in [1.54, 1.807) is 12.1 Å². The minimum atomic E-state index is 0.240. The van der Waals surface area contributed by atoms with Gasteiger partial charge in [0.1, 0.15) is 0 Å². The lowest BCUT2D eigenvalue weighted by Crippen LogP contribution is -1.95. The summed E-state index contributed by atoms with van der Waals surface area (Å²) in [5.74, 6) is 0.672. The van der Waals surface area contributed by atoms with E-state index in [1.165, 1.54) is 0 Å². The van der Waals surface area contributed by atoms with Gasteiger partial charge in [-0.15, -0.1) is 0 Å². The van der Waals surface area contributed by atoms with Crippen molar-refractivity contribution in [1.82, 2.24) is 9.97 Å². The molecule has 0 radical (unpaired) electrons. The first kappa shape index (κ1) is 16.5. The monoisotopic (exact) mass is 358 g/mol. The first-order valence-corrected chi connectivity index (χ1v) is 8.94. The molecule has 0 atom stereocenters. The standard InChI is InChI=1S/C22H15FN2S/c23-26-19-13-11-17(12-14-19)21-15-20(16-7-3-1-4-8-16)24-22(25-21)18-9-5-2-6-10-18/h1-15H. The van der Waals surface area contributed by atoms with Gasteiger partial charge >= 0.3 is 0 Å². The molecule has 0 amide bonds. The number of benzene rings is 3. The van der Waals surface area contributed by atoms with E-state index in [1.807, 2.05) is 78.9 Å². The SMILES string of the molecule is FSc1ccc(-c2cc(-c3ccccc3)nc(-c3ccccc3)n2)cc1. The Kier molecular flexibility index (Phi) is 4.75. The average Bonchev–Trinajstić information content (AvgIpc) is 2.75. The van der Waals surface area contributed by atoms with Crippen molar-refractivity contribution in [1.29, 1.82) is 0 Å². The minimum Gasteiger partial charge on any atom is -0.228 e. The van der Waals surface area contributed by atoms with Gasteiger partial charge in [0.2, 0.25) is 0 Å². The van der Waals surface area contributed by atoms with Crippen LogP contribution in [0.15, 0.2) is 95.9 Å². The molecule has 0 aliphatic rings. The van der Waals surface area contributed by atoms with Gasteiger partial charge in [-0.2, -0.15) is 3.89 Å². The van der Waals surface area contributed by atoms with E-state index in [0.29, 0.717) is 10.7 Å². The zero-order valence-corrected chi connectivity index (χ0v) is 14.7. The topological polar surface area (TPSA) is 25.8 Å². The summed E-state index contributed by atoms with van der Waals surface area (Å²) in [5.41, 5.74) is 4.60. The predicted molar refractivity (Wildman–Crippen MR) is 105 cm³/mol. The summed E-state index contributed by atoms with van der Waals surface area (Å²) in [4.78, 5) is 10.1. The van der Waals surface area contributed by atoms with Crippen molar-refractivity contribution >= 4 is 12.1 Å². The van der Waals surface area contributed by atoms with Gasteiger partial charge < -0.3 is 0 Å². The van der Waals surface area contributed by atoms with Crippen molar-refractivity contribution in [2.24, 2.45) is 0 Å². The Morgan fingerprint density at radius 1 is 0.577 bits per heavy atom. The third kappa shape index (κ3) is 3.51. The van der Waals surface area contributed by atoms with Crippen LogP contribution in [0.5, 0.6) is 0 Å². The fraction of sp³-hybridized carbons (Fsp3) is 0. The number of hydrogen-bond acceptors (Lipinski definition) is 3. The molecule has 1 aromatic heterocycles. The van der Waals surface area contributed by atoms with Crippen molar-refractivity contribution in [2.45, 2.75) is 4.90 Å². The van der Waals surface area contributed by atoms with Crippen molar-refractivity contribution in [2.75, 3.05) is 0 Å². The van der Waals surface area contributed by atoms with Crippen molar-refractivity contribution in [3.05, 3.63) is 91.0 Å². The van der Waals surface area contributed by atoms with Crippen LogP contribution in [-0.2, 0) is 0 Å². The van der Waals surface area contributed by atoms with Gasteiger partial charge in [0, 0.05) is 21.6 Å². The Morgan fingerprint density at radius 2 is 1.08 bits per heavy atom. The molecule has 126 valence electrons. The minimum absolute atomic E-state index is 0.240. The molecule has 0 saturated heterocycles.